The Bertz CT molecular complexity index is 811. The van der Waals surface area contributed by atoms with Crippen LogP contribution >= 0.6 is 15.9 Å². The molecule has 1 spiro atoms. The standard InChI is InChI=1S/C22H33BrN2O4S/c1-20(2,3)18-14(23)7-8-16-17(18)15(24-30(28)21(4,5)6)13-22(29-16)9-11-25(12-10-22)19(26)27/h7-8,15,24H,9-13H2,1-6H3,(H,26,27)/t15-,30-/m0/s1. The van der Waals surface area contributed by atoms with E-state index in [2.05, 4.69) is 41.4 Å². The highest BCUT2D eigenvalue weighted by molar-refractivity contribution is 9.10. The highest BCUT2D eigenvalue weighted by Crippen LogP contribution is 2.50. The maximum atomic E-state index is 13.1. The van der Waals surface area contributed by atoms with Gasteiger partial charge >= 0.3 is 6.09 Å². The molecule has 3 rings (SSSR count). The van der Waals surface area contributed by atoms with Crippen molar-refractivity contribution in [2.45, 2.75) is 82.6 Å². The van der Waals surface area contributed by atoms with Crippen LogP contribution in [0.4, 0.5) is 4.79 Å². The minimum atomic E-state index is -1.24. The lowest BCUT2D eigenvalue weighted by Gasteiger charge is -2.47. The number of halogens is 1. The van der Waals surface area contributed by atoms with Crippen molar-refractivity contribution in [1.82, 2.24) is 9.62 Å². The Hall–Kier alpha value is -0.960. The van der Waals surface area contributed by atoms with Crippen molar-refractivity contribution in [2.75, 3.05) is 13.1 Å². The van der Waals surface area contributed by atoms with Gasteiger partial charge in [0, 0.05) is 53.8 Å². The van der Waals surface area contributed by atoms with E-state index < -0.39 is 27.8 Å². The van der Waals surface area contributed by atoms with Crippen LogP contribution < -0.4 is 9.46 Å². The van der Waals surface area contributed by atoms with Crippen molar-refractivity contribution >= 4 is 33.4 Å². The number of carboxylic acid groups (broad SMARTS) is 1. The topological polar surface area (TPSA) is 84.9 Å². The van der Waals surface area contributed by atoms with E-state index in [1.54, 1.807) is 0 Å². The summed E-state index contributed by atoms with van der Waals surface area (Å²) in [6, 6.07) is 3.85. The second-order valence-corrected chi connectivity index (χ2v) is 13.2. The predicted molar refractivity (Wildman–Crippen MR) is 123 cm³/mol. The predicted octanol–water partition coefficient (Wildman–Crippen LogP) is 5.13. The third-order valence-corrected chi connectivity index (χ3v) is 8.18. The summed E-state index contributed by atoms with van der Waals surface area (Å²) in [4.78, 5) is 12.8. The number of rotatable bonds is 2. The van der Waals surface area contributed by atoms with Crippen LogP contribution in [0, 0.1) is 0 Å². The first kappa shape index (κ1) is 23.7. The Morgan fingerprint density at radius 2 is 1.87 bits per heavy atom. The molecule has 1 fully saturated rings. The fourth-order valence-corrected chi connectivity index (χ4v) is 6.09. The largest absolute Gasteiger partial charge is 0.598 e. The van der Waals surface area contributed by atoms with Gasteiger partial charge in [-0.3, -0.25) is 0 Å². The van der Waals surface area contributed by atoms with E-state index in [0.717, 1.165) is 21.3 Å². The number of ether oxygens (including phenoxy) is 1. The summed E-state index contributed by atoms with van der Waals surface area (Å²) < 4.78 is 23.7. The van der Waals surface area contributed by atoms with Gasteiger partial charge in [-0.05, 0) is 43.9 Å². The second-order valence-electron chi connectivity index (χ2n) is 10.4. The molecule has 8 heteroatoms. The molecule has 2 aliphatic rings. The van der Waals surface area contributed by atoms with Crippen LogP contribution in [0.15, 0.2) is 16.6 Å². The molecule has 0 saturated carbocycles. The number of benzene rings is 1. The average molecular weight is 501 g/mol. The van der Waals surface area contributed by atoms with Crippen molar-refractivity contribution in [2.24, 2.45) is 0 Å². The number of hydrogen-bond donors (Lipinski definition) is 2. The van der Waals surface area contributed by atoms with Crippen LogP contribution in [0.5, 0.6) is 5.75 Å². The first-order valence-electron chi connectivity index (χ1n) is 10.4. The molecule has 0 radical (unpaired) electrons. The van der Waals surface area contributed by atoms with E-state index in [4.69, 9.17) is 4.74 Å². The molecule has 2 heterocycles. The molecule has 0 unspecified atom stereocenters. The van der Waals surface area contributed by atoms with Gasteiger partial charge in [0.2, 0.25) is 0 Å². The number of hydrogen-bond acceptors (Lipinski definition) is 4. The van der Waals surface area contributed by atoms with Crippen LogP contribution in [0.3, 0.4) is 0 Å². The van der Waals surface area contributed by atoms with Crippen LogP contribution in [0.25, 0.3) is 0 Å². The molecule has 0 bridgehead atoms. The lowest BCUT2D eigenvalue weighted by atomic mass is 9.75. The lowest BCUT2D eigenvalue weighted by Crippen LogP contribution is -2.54. The van der Waals surface area contributed by atoms with Crippen LogP contribution in [-0.4, -0.2) is 44.1 Å². The zero-order valence-electron chi connectivity index (χ0n) is 18.7. The van der Waals surface area contributed by atoms with E-state index in [0.29, 0.717) is 32.4 Å². The van der Waals surface area contributed by atoms with E-state index in [-0.39, 0.29) is 11.5 Å². The summed E-state index contributed by atoms with van der Waals surface area (Å²) in [6.07, 6.45) is 1.03. The summed E-state index contributed by atoms with van der Waals surface area (Å²) in [5.74, 6) is 0.807. The van der Waals surface area contributed by atoms with Crippen molar-refractivity contribution in [3.05, 3.63) is 27.7 Å². The third kappa shape index (κ3) is 4.76. The second kappa shape index (κ2) is 8.19. The molecule has 2 N–H and O–H groups in total. The fraction of sp³-hybridized carbons (Fsp3) is 0.682. The van der Waals surface area contributed by atoms with Gasteiger partial charge in [-0.15, -0.1) is 4.72 Å². The smallest absolute Gasteiger partial charge is 0.407 e. The normalized spacial score (nSPS) is 22.4. The number of piperidine rings is 1. The average Bonchev–Trinajstić information content (AvgIpc) is 2.60. The molecule has 2 atom stereocenters. The number of carbonyl (C=O) groups is 1. The van der Waals surface area contributed by atoms with Gasteiger partial charge in [0.25, 0.3) is 0 Å². The van der Waals surface area contributed by atoms with Crippen molar-refractivity contribution in [1.29, 1.82) is 0 Å². The summed E-state index contributed by atoms with van der Waals surface area (Å²) >= 11 is 2.48. The number of amides is 1. The fourth-order valence-electron chi connectivity index (χ4n) is 4.34. The SMILES string of the molecule is CC(C)(C)c1c(Br)ccc2c1[C@@H](N[S@@+]([O-])C(C)(C)C)CC1(CCN(C(=O)O)CC1)O2. The molecular formula is C22H33BrN2O4S. The van der Waals surface area contributed by atoms with Gasteiger partial charge in [0.1, 0.15) is 16.1 Å². The molecule has 1 saturated heterocycles. The number of likely N-dealkylation sites (tertiary alicyclic amines) is 1. The van der Waals surface area contributed by atoms with Crippen LogP contribution in [-0.2, 0) is 16.8 Å². The van der Waals surface area contributed by atoms with E-state index in [1.807, 2.05) is 32.9 Å². The molecule has 30 heavy (non-hydrogen) atoms. The van der Waals surface area contributed by atoms with Crippen LogP contribution in [0.2, 0.25) is 0 Å². The Labute approximate surface area is 191 Å². The first-order valence-corrected chi connectivity index (χ1v) is 12.4. The van der Waals surface area contributed by atoms with Gasteiger partial charge in [0.15, 0.2) is 0 Å². The van der Waals surface area contributed by atoms with E-state index >= 15 is 0 Å². The number of nitrogens with one attached hydrogen (secondary N) is 1. The Balaban J connectivity index is 2.04. The minimum Gasteiger partial charge on any atom is -0.598 e. The number of fused-ring (bicyclic) bond motifs is 1. The molecule has 168 valence electrons. The zero-order valence-corrected chi connectivity index (χ0v) is 21.1. The molecule has 0 aromatic heterocycles. The summed E-state index contributed by atoms with van der Waals surface area (Å²) in [5.41, 5.74) is 1.62. The van der Waals surface area contributed by atoms with E-state index in [9.17, 15) is 14.5 Å². The lowest BCUT2D eigenvalue weighted by molar-refractivity contribution is -0.0195. The van der Waals surface area contributed by atoms with Gasteiger partial charge in [0.05, 0.1) is 6.04 Å². The quantitative estimate of drug-likeness (QED) is 0.549. The Morgan fingerprint density at radius 3 is 2.37 bits per heavy atom. The minimum absolute atomic E-state index is 0.131. The summed E-state index contributed by atoms with van der Waals surface area (Å²) in [5, 5.41) is 9.33. The van der Waals surface area contributed by atoms with Crippen molar-refractivity contribution < 1.29 is 19.2 Å². The monoisotopic (exact) mass is 500 g/mol. The third-order valence-electron chi connectivity index (χ3n) is 5.91. The Morgan fingerprint density at radius 1 is 1.27 bits per heavy atom. The molecule has 1 aromatic rings. The van der Waals surface area contributed by atoms with Gasteiger partial charge < -0.3 is 19.3 Å². The molecule has 6 nitrogen and oxygen atoms in total. The maximum absolute atomic E-state index is 13.1. The maximum Gasteiger partial charge on any atom is 0.407 e. The van der Waals surface area contributed by atoms with Gasteiger partial charge in [-0.1, -0.05) is 36.7 Å². The molecule has 2 aliphatic heterocycles. The van der Waals surface area contributed by atoms with Crippen molar-refractivity contribution in [3.63, 3.8) is 0 Å². The highest BCUT2D eigenvalue weighted by Gasteiger charge is 2.47. The van der Waals surface area contributed by atoms with Gasteiger partial charge in [-0.25, -0.2) is 4.79 Å². The zero-order chi connectivity index (χ0) is 22.5. The Kier molecular flexibility index (Phi) is 6.47. The molecule has 1 aromatic carbocycles. The molecule has 1 amide bonds. The van der Waals surface area contributed by atoms with Crippen LogP contribution in [0.1, 0.15) is 78.0 Å². The van der Waals surface area contributed by atoms with Crippen molar-refractivity contribution in [3.8, 4) is 5.75 Å². The highest BCUT2D eigenvalue weighted by atomic mass is 79.9. The number of nitrogens with zero attached hydrogens (tertiary/aromatic N) is 1. The summed E-state index contributed by atoms with van der Waals surface area (Å²) in [7, 11) is 0. The molecular weight excluding hydrogens is 468 g/mol. The molecule has 0 aliphatic carbocycles. The van der Waals surface area contributed by atoms with Gasteiger partial charge in [-0.2, -0.15) is 0 Å². The van der Waals surface area contributed by atoms with E-state index in [1.165, 1.54) is 4.90 Å². The first-order chi connectivity index (χ1) is 13.7. The summed E-state index contributed by atoms with van der Waals surface area (Å²) in [6.45, 7) is 13.3.